The lowest BCUT2D eigenvalue weighted by atomic mass is 9.92. The maximum absolute atomic E-state index is 13.7. The number of anilines is 1. The first-order chi connectivity index (χ1) is 15.5. The van der Waals surface area contributed by atoms with E-state index in [1.54, 1.807) is 0 Å². The number of benzene rings is 1. The molecule has 1 aliphatic heterocycles. The third kappa shape index (κ3) is 4.32. The first kappa shape index (κ1) is 20.9. The zero-order valence-electron chi connectivity index (χ0n) is 18.6. The number of hydrogen-bond acceptors (Lipinski definition) is 5. The minimum atomic E-state index is -0.0190. The molecule has 0 spiro atoms. The van der Waals surface area contributed by atoms with Crippen molar-refractivity contribution in [2.45, 2.75) is 39.5 Å². The van der Waals surface area contributed by atoms with Crippen molar-refractivity contribution < 1.29 is 4.79 Å². The standard InChI is InChI=1S/C26H28N4OS/c1-16-4-3-5-19(12-16)24-23(29-26(27)32-24)25(31)30(15-18-7-8-18)11-10-20-14-28-22-13-17(2)6-9-21(20)22/h3-6,9,12,14,18H,7-8,10-11,13,15H2,1-2H3,(H2,27,29). The lowest BCUT2D eigenvalue weighted by molar-refractivity contribution is 0.0745. The monoisotopic (exact) mass is 444 g/mol. The number of allylic oxidation sites excluding steroid dienone is 4. The van der Waals surface area contributed by atoms with Crippen LogP contribution < -0.4 is 5.73 Å². The number of hydrogen-bond donors (Lipinski definition) is 1. The molecule has 32 heavy (non-hydrogen) atoms. The Kier molecular flexibility index (Phi) is 5.55. The van der Waals surface area contributed by atoms with Crippen LogP contribution in [0.4, 0.5) is 5.13 Å². The molecule has 2 N–H and O–H groups in total. The number of nitrogens with zero attached hydrogens (tertiary/aromatic N) is 3. The molecule has 0 unspecified atom stereocenters. The Balaban J connectivity index is 1.37. The third-order valence-corrected chi connectivity index (χ3v) is 7.19. The molecule has 6 heteroatoms. The van der Waals surface area contributed by atoms with E-state index in [0.717, 1.165) is 41.1 Å². The van der Waals surface area contributed by atoms with Crippen LogP contribution in [0.2, 0.25) is 0 Å². The molecule has 1 fully saturated rings. The highest BCUT2D eigenvalue weighted by molar-refractivity contribution is 7.19. The molecule has 1 amide bonds. The van der Waals surface area contributed by atoms with Crippen molar-refractivity contribution in [2.75, 3.05) is 18.8 Å². The second-order valence-corrected chi connectivity index (χ2v) is 10.1. The molecule has 0 saturated heterocycles. The summed E-state index contributed by atoms with van der Waals surface area (Å²) in [5.74, 6) is 0.579. The van der Waals surface area contributed by atoms with Gasteiger partial charge in [-0.15, -0.1) is 0 Å². The van der Waals surface area contributed by atoms with Crippen molar-refractivity contribution in [3.63, 3.8) is 0 Å². The van der Waals surface area contributed by atoms with E-state index in [0.29, 0.717) is 23.3 Å². The van der Waals surface area contributed by atoms with Crippen LogP contribution in [0.15, 0.2) is 64.3 Å². The smallest absolute Gasteiger partial charge is 0.274 e. The van der Waals surface area contributed by atoms with Gasteiger partial charge in [0.25, 0.3) is 5.91 Å². The molecule has 5 nitrogen and oxygen atoms in total. The van der Waals surface area contributed by atoms with Gasteiger partial charge in [-0.1, -0.05) is 58.9 Å². The summed E-state index contributed by atoms with van der Waals surface area (Å²) in [5.41, 5.74) is 13.6. The summed E-state index contributed by atoms with van der Waals surface area (Å²) in [5, 5.41) is 0.433. The fraction of sp³-hybridized carbons (Fsp3) is 0.346. The Morgan fingerprint density at radius 3 is 2.88 bits per heavy atom. The molecule has 3 aliphatic rings. The van der Waals surface area contributed by atoms with Gasteiger partial charge in [-0.2, -0.15) is 0 Å². The number of rotatable bonds is 7. The van der Waals surface area contributed by atoms with Crippen molar-refractivity contribution >= 4 is 28.1 Å². The van der Waals surface area contributed by atoms with E-state index in [1.165, 1.54) is 40.9 Å². The average Bonchev–Trinajstić information content (AvgIpc) is 3.38. The van der Waals surface area contributed by atoms with Gasteiger partial charge in [-0.05, 0) is 50.2 Å². The predicted octanol–water partition coefficient (Wildman–Crippen LogP) is 5.56. The first-order valence-corrected chi connectivity index (χ1v) is 12.1. The van der Waals surface area contributed by atoms with Gasteiger partial charge < -0.3 is 10.6 Å². The number of thiazole rings is 1. The van der Waals surface area contributed by atoms with Gasteiger partial charge in [0.05, 0.1) is 10.6 Å². The maximum atomic E-state index is 13.7. The Morgan fingerprint density at radius 2 is 2.09 bits per heavy atom. The number of amides is 1. The molecule has 164 valence electrons. The van der Waals surface area contributed by atoms with Crippen LogP contribution in [0, 0.1) is 12.8 Å². The van der Waals surface area contributed by atoms with E-state index in [1.807, 2.05) is 23.2 Å². The minimum absolute atomic E-state index is 0.0190. The topological polar surface area (TPSA) is 71.6 Å². The number of nitrogen functional groups attached to an aromatic ring is 1. The quantitative estimate of drug-likeness (QED) is 0.608. The number of aliphatic imine (C=N–C) groups is 1. The van der Waals surface area contributed by atoms with Gasteiger partial charge in [-0.25, -0.2) is 4.98 Å². The van der Waals surface area contributed by atoms with Crippen molar-refractivity contribution in [1.29, 1.82) is 0 Å². The predicted molar refractivity (Wildman–Crippen MR) is 132 cm³/mol. The largest absolute Gasteiger partial charge is 0.375 e. The second kappa shape index (κ2) is 8.51. The van der Waals surface area contributed by atoms with E-state index in [-0.39, 0.29) is 5.91 Å². The summed E-state index contributed by atoms with van der Waals surface area (Å²) in [6.45, 7) is 5.63. The molecule has 5 rings (SSSR count). The molecule has 0 atom stereocenters. The van der Waals surface area contributed by atoms with Gasteiger partial charge >= 0.3 is 0 Å². The molecule has 2 aliphatic carbocycles. The SMILES string of the molecule is CC1=CC=C2C(CCN(CC3CC3)C(=O)c3nc(N)sc3-c3cccc(C)c3)=CN=C2C1. The summed E-state index contributed by atoms with van der Waals surface area (Å²) in [6.07, 6.45) is 10.4. The van der Waals surface area contributed by atoms with E-state index < -0.39 is 0 Å². The first-order valence-electron chi connectivity index (χ1n) is 11.2. The average molecular weight is 445 g/mol. The highest BCUT2D eigenvalue weighted by atomic mass is 32.1. The van der Waals surface area contributed by atoms with Crippen molar-refractivity contribution in [1.82, 2.24) is 9.88 Å². The highest BCUT2D eigenvalue weighted by Crippen LogP contribution is 2.36. The normalized spacial score (nSPS) is 17.3. The maximum Gasteiger partial charge on any atom is 0.274 e. The molecule has 0 bridgehead atoms. The van der Waals surface area contributed by atoms with E-state index in [4.69, 9.17) is 5.73 Å². The molecule has 1 aromatic heterocycles. The lowest BCUT2D eigenvalue weighted by Gasteiger charge is -2.23. The molecule has 2 aromatic rings. The molecular weight excluding hydrogens is 416 g/mol. The lowest BCUT2D eigenvalue weighted by Crippen LogP contribution is -2.34. The Bertz CT molecular complexity index is 1200. The Morgan fingerprint density at radius 1 is 1.25 bits per heavy atom. The number of fused-ring (bicyclic) bond motifs is 1. The molecular formula is C26H28N4OS. The van der Waals surface area contributed by atoms with Crippen LogP contribution in [-0.2, 0) is 0 Å². The number of nitrogens with two attached hydrogens (primary N) is 1. The Hall–Kier alpha value is -2.99. The summed E-state index contributed by atoms with van der Waals surface area (Å²) in [7, 11) is 0. The van der Waals surface area contributed by atoms with Gasteiger partial charge in [0, 0.05) is 31.3 Å². The minimum Gasteiger partial charge on any atom is -0.375 e. The highest BCUT2D eigenvalue weighted by Gasteiger charge is 2.31. The van der Waals surface area contributed by atoms with Crippen LogP contribution in [0.5, 0.6) is 0 Å². The van der Waals surface area contributed by atoms with Crippen LogP contribution in [-0.4, -0.2) is 34.6 Å². The van der Waals surface area contributed by atoms with Crippen molar-refractivity contribution in [3.8, 4) is 10.4 Å². The van der Waals surface area contributed by atoms with E-state index >= 15 is 0 Å². The molecule has 0 radical (unpaired) electrons. The van der Waals surface area contributed by atoms with Gasteiger partial charge in [0.2, 0.25) is 0 Å². The summed E-state index contributed by atoms with van der Waals surface area (Å²) in [6, 6.07) is 8.17. The number of carbonyl (C=O) groups excluding carboxylic acids is 1. The zero-order valence-corrected chi connectivity index (χ0v) is 19.4. The molecule has 1 saturated carbocycles. The van der Waals surface area contributed by atoms with Gasteiger partial charge in [0.1, 0.15) is 5.69 Å². The van der Waals surface area contributed by atoms with Crippen LogP contribution in [0.1, 0.15) is 48.7 Å². The third-order valence-electron chi connectivity index (χ3n) is 6.25. The van der Waals surface area contributed by atoms with Gasteiger partial charge in [-0.3, -0.25) is 9.79 Å². The summed E-state index contributed by atoms with van der Waals surface area (Å²) in [4.78, 5) is 25.6. The van der Waals surface area contributed by atoms with Crippen molar-refractivity contribution in [2.24, 2.45) is 10.9 Å². The van der Waals surface area contributed by atoms with Crippen LogP contribution >= 0.6 is 11.3 Å². The number of aromatic nitrogens is 1. The number of aryl methyl sites for hydroxylation is 1. The van der Waals surface area contributed by atoms with Crippen molar-refractivity contribution in [3.05, 3.63) is 70.6 Å². The fourth-order valence-electron chi connectivity index (χ4n) is 4.33. The second-order valence-electron chi connectivity index (χ2n) is 9.04. The number of carbonyl (C=O) groups is 1. The molecule has 1 aromatic carbocycles. The van der Waals surface area contributed by atoms with Gasteiger partial charge in [0.15, 0.2) is 5.13 Å². The van der Waals surface area contributed by atoms with E-state index in [2.05, 4.69) is 48.1 Å². The summed E-state index contributed by atoms with van der Waals surface area (Å²) >= 11 is 1.39. The van der Waals surface area contributed by atoms with E-state index in [9.17, 15) is 4.79 Å². The zero-order chi connectivity index (χ0) is 22.2. The fourth-order valence-corrected chi connectivity index (χ4v) is 5.15. The van der Waals surface area contributed by atoms with Crippen LogP contribution in [0.3, 0.4) is 0 Å². The van der Waals surface area contributed by atoms with Crippen LogP contribution in [0.25, 0.3) is 10.4 Å². The summed E-state index contributed by atoms with van der Waals surface area (Å²) < 4.78 is 0. The Labute approximate surface area is 193 Å². The molecule has 2 heterocycles.